The second-order valence-corrected chi connectivity index (χ2v) is 4.03. The molecule has 4 nitrogen and oxygen atoms in total. The highest BCUT2D eigenvalue weighted by molar-refractivity contribution is 6.30. The van der Waals surface area contributed by atoms with Crippen LogP contribution in [0.1, 0.15) is 10.4 Å². The van der Waals surface area contributed by atoms with Crippen molar-refractivity contribution in [3.8, 4) is 17.0 Å². The maximum Gasteiger partial charge on any atom is 0.337 e. The van der Waals surface area contributed by atoms with Crippen LogP contribution < -0.4 is 4.74 Å². The van der Waals surface area contributed by atoms with Crippen molar-refractivity contribution in [1.29, 1.82) is 0 Å². The lowest BCUT2D eigenvalue weighted by atomic mass is 10.1. The van der Waals surface area contributed by atoms with Crippen molar-refractivity contribution in [3.05, 3.63) is 47.1 Å². The molecular weight excluding hydrogens is 254 g/mol. The number of aromatic nitrogens is 1. The molecule has 92 valence electrons. The summed E-state index contributed by atoms with van der Waals surface area (Å²) in [4.78, 5) is 14.9. The first-order valence-electron chi connectivity index (χ1n) is 5.15. The molecule has 0 unspecified atom stereocenters. The first kappa shape index (κ1) is 12.4. The predicted molar refractivity (Wildman–Crippen MR) is 68.2 cm³/mol. The van der Waals surface area contributed by atoms with E-state index in [4.69, 9.17) is 21.4 Å². The second-order valence-electron chi connectivity index (χ2n) is 3.59. The van der Waals surface area contributed by atoms with Crippen LogP contribution in [0, 0.1) is 0 Å². The minimum absolute atomic E-state index is 0.112. The Kier molecular flexibility index (Phi) is 3.48. The van der Waals surface area contributed by atoms with Crippen molar-refractivity contribution < 1.29 is 14.6 Å². The number of carboxylic acids is 1. The van der Waals surface area contributed by atoms with E-state index in [0.29, 0.717) is 16.5 Å². The smallest absolute Gasteiger partial charge is 0.337 e. The predicted octanol–water partition coefficient (Wildman–Crippen LogP) is 3.11. The highest BCUT2D eigenvalue weighted by atomic mass is 35.5. The highest BCUT2D eigenvalue weighted by Crippen LogP contribution is 2.29. The van der Waals surface area contributed by atoms with E-state index in [0.717, 1.165) is 5.56 Å². The van der Waals surface area contributed by atoms with E-state index < -0.39 is 5.97 Å². The van der Waals surface area contributed by atoms with Crippen LogP contribution in [0.25, 0.3) is 11.1 Å². The fraction of sp³-hybridized carbons (Fsp3) is 0.0769. The molecule has 1 aromatic carbocycles. The Bertz CT molecular complexity index is 581. The summed E-state index contributed by atoms with van der Waals surface area (Å²) >= 11 is 5.81. The summed E-state index contributed by atoms with van der Waals surface area (Å²) < 4.78 is 5.13. The van der Waals surface area contributed by atoms with E-state index in [9.17, 15) is 4.79 Å². The van der Waals surface area contributed by atoms with Crippen LogP contribution in [0.15, 0.2) is 36.5 Å². The number of carboxylic acid groups (broad SMARTS) is 1. The van der Waals surface area contributed by atoms with Crippen LogP contribution in [0.2, 0.25) is 5.02 Å². The molecule has 0 aliphatic rings. The minimum atomic E-state index is -1.03. The van der Waals surface area contributed by atoms with Gasteiger partial charge in [-0.3, -0.25) is 0 Å². The van der Waals surface area contributed by atoms with Gasteiger partial charge in [-0.25, -0.2) is 9.78 Å². The summed E-state index contributed by atoms with van der Waals surface area (Å²) in [7, 11) is 1.49. The molecule has 0 aliphatic carbocycles. The summed E-state index contributed by atoms with van der Waals surface area (Å²) in [5.74, 6) is -0.650. The monoisotopic (exact) mass is 263 g/mol. The second kappa shape index (κ2) is 5.06. The zero-order valence-corrected chi connectivity index (χ0v) is 10.3. The Morgan fingerprint density at radius 3 is 2.56 bits per heavy atom. The van der Waals surface area contributed by atoms with Gasteiger partial charge in [0.05, 0.1) is 12.7 Å². The van der Waals surface area contributed by atoms with Gasteiger partial charge in [-0.1, -0.05) is 23.7 Å². The molecular formula is C13H10ClNO3. The summed E-state index contributed by atoms with van der Waals surface area (Å²) in [6.45, 7) is 0. The first-order chi connectivity index (χ1) is 8.61. The molecule has 18 heavy (non-hydrogen) atoms. The van der Waals surface area contributed by atoms with Crippen molar-refractivity contribution in [2.45, 2.75) is 0 Å². The maximum atomic E-state index is 10.9. The lowest BCUT2D eigenvalue weighted by molar-refractivity contribution is 0.0696. The zero-order chi connectivity index (χ0) is 13.1. The molecule has 0 radical (unpaired) electrons. The molecule has 0 saturated heterocycles. The molecule has 2 aromatic rings. The molecule has 0 bridgehead atoms. The number of hydrogen-bond donors (Lipinski definition) is 1. The Morgan fingerprint density at radius 2 is 2.00 bits per heavy atom. The van der Waals surface area contributed by atoms with E-state index in [1.54, 1.807) is 24.3 Å². The molecule has 0 amide bonds. The summed E-state index contributed by atoms with van der Waals surface area (Å²) in [6, 6.07) is 8.55. The van der Waals surface area contributed by atoms with E-state index in [-0.39, 0.29) is 5.56 Å². The Balaban J connectivity index is 2.56. The summed E-state index contributed by atoms with van der Waals surface area (Å²) in [6.07, 6.45) is 1.26. The molecule has 5 heteroatoms. The topological polar surface area (TPSA) is 59.4 Å². The standard InChI is InChI=1S/C13H10ClNO3/c1-18-12-11(6-9(7-15-12)13(16)17)8-2-4-10(14)5-3-8/h2-7H,1H3,(H,16,17). The van der Waals surface area contributed by atoms with Gasteiger partial charge >= 0.3 is 5.97 Å². The van der Waals surface area contributed by atoms with Gasteiger partial charge in [0.2, 0.25) is 5.88 Å². The van der Waals surface area contributed by atoms with Crippen LogP contribution in [-0.4, -0.2) is 23.2 Å². The van der Waals surface area contributed by atoms with Crippen molar-refractivity contribution in [3.63, 3.8) is 0 Å². The average Bonchev–Trinajstić information content (AvgIpc) is 2.39. The molecule has 0 atom stereocenters. The lowest BCUT2D eigenvalue weighted by Crippen LogP contribution is -2.00. The number of hydrogen-bond acceptors (Lipinski definition) is 3. The Morgan fingerprint density at radius 1 is 1.33 bits per heavy atom. The fourth-order valence-electron chi connectivity index (χ4n) is 1.57. The van der Waals surface area contributed by atoms with Gasteiger partial charge in [0, 0.05) is 16.8 Å². The number of carbonyl (C=O) groups is 1. The minimum Gasteiger partial charge on any atom is -0.481 e. The van der Waals surface area contributed by atoms with Crippen LogP contribution in [0.5, 0.6) is 5.88 Å². The Hall–Kier alpha value is -2.07. The van der Waals surface area contributed by atoms with Crippen molar-refractivity contribution in [2.24, 2.45) is 0 Å². The lowest BCUT2D eigenvalue weighted by Gasteiger charge is -2.08. The zero-order valence-electron chi connectivity index (χ0n) is 9.55. The Labute approximate surface area is 109 Å². The van der Waals surface area contributed by atoms with Crippen molar-refractivity contribution >= 4 is 17.6 Å². The van der Waals surface area contributed by atoms with Crippen LogP contribution in [0.3, 0.4) is 0 Å². The molecule has 1 heterocycles. The van der Waals surface area contributed by atoms with Gasteiger partial charge in [0.1, 0.15) is 0 Å². The van der Waals surface area contributed by atoms with Gasteiger partial charge in [-0.15, -0.1) is 0 Å². The van der Waals surface area contributed by atoms with Gasteiger partial charge in [0.15, 0.2) is 0 Å². The number of nitrogens with zero attached hydrogens (tertiary/aromatic N) is 1. The maximum absolute atomic E-state index is 10.9. The van der Waals surface area contributed by atoms with E-state index in [1.165, 1.54) is 19.4 Å². The van der Waals surface area contributed by atoms with Crippen LogP contribution in [0.4, 0.5) is 0 Å². The van der Waals surface area contributed by atoms with E-state index in [2.05, 4.69) is 4.98 Å². The van der Waals surface area contributed by atoms with Gasteiger partial charge in [-0.05, 0) is 23.8 Å². The molecule has 1 aromatic heterocycles. The van der Waals surface area contributed by atoms with E-state index in [1.807, 2.05) is 0 Å². The van der Waals surface area contributed by atoms with Crippen molar-refractivity contribution in [2.75, 3.05) is 7.11 Å². The number of halogens is 1. The third kappa shape index (κ3) is 2.43. The van der Waals surface area contributed by atoms with Crippen molar-refractivity contribution in [1.82, 2.24) is 4.98 Å². The van der Waals surface area contributed by atoms with Crippen LogP contribution >= 0.6 is 11.6 Å². The molecule has 1 N–H and O–H groups in total. The number of benzene rings is 1. The largest absolute Gasteiger partial charge is 0.481 e. The molecule has 0 saturated carbocycles. The number of rotatable bonds is 3. The fourth-order valence-corrected chi connectivity index (χ4v) is 1.69. The molecule has 2 rings (SSSR count). The third-order valence-corrected chi connectivity index (χ3v) is 2.70. The summed E-state index contributed by atoms with van der Waals surface area (Å²) in [5, 5.41) is 9.57. The van der Waals surface area contributed by atoms with Gasteiger partial charge in [-0.2, -0.15) is 0 Å². The third-order valence-electron chi connectivity index (χ3n) is 2.45. The molecule has 0 spiro atoms. The number of aromatic carboxylic acids is 1. The number of methoxy groups -OCH3 is 1. The molecule has 0 fully saturated rings. The van der Waals surface area contributed by atoms with Gasteiger partial charge in [0.25, 0.3) is 0 Å². The van der Waals surface area contributed by atoms with Gasteiger partial charge < -0.3 is 9.84 Å². The highest BCUT2D eigenvalue weighted by Gasteiger charge is 2.12. The van der Waals surface area contributed by atoms with Crippen LogP contribution in [-0.2, 0) is 0 Å². The average molecular weight is 264 g/mol. The SMILES string of the molecule is COc1ncc(C(=O)O)cc1-c1ccc(Cl)cc1. The summed E-state index contributed by atoms with van der Waals surface area (Å²) in [5.41, 5.74) is 1.53. The quantitative estimate of drug-likeness (QED) is 0.924. The molecule has 0 aliphatic heterocycles. The number of pyridine rings is 1. The normalized spacial score (nSPS) is 10.1. The number of ether oxygens (including phenoxy) is 1. The first-order valence-corrected chi connectivity index (χ1v) is 5.53. The van der Waals surface area contributed by atoms with E-state index >= 15 is 0 Å².